The van der Waals surface area contributed by atoms with Crippen molar-refractivity contribution in [2.75, 3.05) is 18.5 Å². The number of hydrogen-bond donors (Lipinski definition) is 2. The van der Waals surface area contributed by atoms with Crippen LogP contribution >= 0.6 is 0 Å². The molecule has 0 fully saturated rings. The number of nitrogens with zero attached hydrogens (tertiary/aromatic N) is 1. The molecule has 0 atom stereocenters. The number of anilines is 1. The summed E-state index contributed by atoms with van der Waals surface area (Å²) in [6.45, 7) is -0.611. The van der Waals surface area contributed by atoms with Gasteiger partial charge in [-0.3, -0.25) is 0 Å². The Morgan fingerprint density at radius 2 is 2.29 bits per heavy atom. The number of rotatable bonds is 4. The standard InChI is InChI=1S/C7H10FN3O2S/c8-3-5-11-7-6(14(9,12)13)2-1-4-10-7/h1-2,4H,3,5H2,(H,10,11)(H2,9,12,13). The van der Waals surface area contributed by atoms with Gasteiger partial charge >= 0.3 is 0 Å². The first-order chi connectivity index (χ1) is 6.55. The van der Waals surface area contributed by atoms with E-state index in [0.29, 0.717) is 0 Å². The van der Waals surface area contributed by atoms with E-state index in [2.05, 4.69) is 10.3 Å². The minimum Gasteiger partial charge on any atom is -0.366 e. The molecule has 0 amide bonds. The van der Waals surface area contributed by atoms with E-state index in [9.17, 15) is 12.8 Å². The molecule has 0 saturated carbocycles. The van der Waals surface area contributed by atoms with Crippen LogP contribution in [0.1, 0.15) is 0 Å². The molecular formula is C7H10FN3O2S. The molecule has 7 heteroatoms. The molecule has 1 aromatic rings. The van der Waals surface area contributed by atoms with Crippen LogP contribution in [-0.4, -0.2) is 26.6 Å². The molecule has 1 aromatic heterocycles. The first-order valence-corrected chi connectivity index (χ1v) is 5.38. The van der Waals surface area contributed by atoms with Gasteiger partial charge in [-0.25, -0.2) is 22.9 Å². The maximum absolute atomic E-state index is 11.8. The molecular weight excluding hydrogens is 209 g/mol. The molecule has 1 rings (SSSR count). The summed E-state index contributed by atoms with van der Waals surface area (Å²) < 4.78 is 33.9. The van der Waals surface area contributed by atoms with Crippen molar-refractivity contribution >= 4 is 15.8 Å². The maximum atomic E-state index is 11.8. The van der Waals surface area contributed by atoms with Crippen molar-refractivity contribution < 1.29 is 12.8 Å². The Bertz CT molecular complexity index is 407. The van der Waals surface area contributed by atoms with E-state index in [1.54, 1.807) is 0 Å². The van der Waals surface area contributed by atoms with Crippen LogP contribution in [0.5, 0.6) is 0 Å². The van der Waals surface area contributed by atoms with Gasteiger partial charge in [0, 0.05) is 12.7 Å². The van der Waals surface area contributed by atoms with Crippen molar-refractivity contribution in [2.24, 2.45) is 5.14 Å². The van der Waals surface area contributed by atoms with Gasteiger partial charge in [0.25, 0.3) is 0 Å². The number of alkyl halides is 1. The molecule has 3 N–H and O–H groups in total. The van der Waals surface area contributed by atoms with Crippen LogP contribution in [0.15, 0.2) is 23.2 Å². The van der Waals surface area contributed by atoms with E-state index in [1.807, 2.05) is 0 Å². The number of nitrogens with one attached hydrogen (secondary N) is 1. The SMILES string of the molecule is NS(=O)(=O)c1cccnc1NCCF. The van der Waals surface area contributed by atoms with Crippen LogP contribution in [0, 0.1) is 0 Å². The number of nitrogens with two attached hydrogens (primary N) is 1. The fourth-order valence-electron chi connectivity index (χ4n) is 0.919. The number of pyridine rings is 1. The van der Waals surface area contributed by atoms with E-state index < -0.39 is 16.7 Å². The third-order valence-electron chi connectivity index (χ3n) is 1.46. The lowest BCUT2D eigenvalue weighted by molar-refractivity contribution is 0.512. The van der Waals surface area contributed by atoms with E-state index in [0.717, 1.165) is 0 Å². The Labute approximate surface area is 81.2 Å². The second-order valence-corrected chi connectivity index (χ2v) is 4.04. The Hall–Kier alpha value is -1.21. The molecule has 0 aliphatic heterocycles. The Kier molecular flexibility index (Phi) is 3.37. The predicted octanol–water partition coefficient (Wildman–Crippen LogP) is 0.110. The summed E-state index contributed by atoms with van der Waals surface area (Å²) in [7, 11) is -3.81. The lowest BCUT2D eigenvalue weighted by atomic mass is 10.4. The molecule has 0 aliphatic carbocycles. The van der Waals surface area contributed by atoms with Crippen molar-refractivity contribution in [3.63, 3.8) is 0 Å². The van der Waals surface area contributed by atoms with Crippen LogP contribution < -0.4 is 10.5 Å². The van der Waals surface area contributed by atoms with Crippen molar-refractivity contribution in [1.29, 1.82) is 0 Å². The molecule has 0 unspecified atom stereocenters. The van der Waals surface area contributed by atoms with Crippen LogP contribution in [-0.2, 0) is 10.0 Å². The van der Waals surface area contributed by atoms with E-state index in [4.69, 9.17) is 5.14 Å². The minimum atomic E-state index is -3.81. The quantitative estimate of drug-likeness (QED) is 0.752. The van der Waals surface area contributed by atoms with E-state index >= 15 is 0 Å². The van der Waals surface area contributed by atoms with Crippen LogP contribution in [0.2, 0.25) is 0 Å². The summed E-state index contributed by atoms with van der Waals surface area (Å²) in [6, 6.07) is 2.75. The average molecular weight is 219 g/mol. The molecule has 78 valence electrons. The van der Waals surface area contributed by atoms with Gasteiger partial charge in [-0.05, 0) is 12.1 Å². The predicted molar refractivity (Wildman–Crippen MR) is 50.1 cm³/mol. The summed E-state index contributed by atoms with van der Waals surface area (Å²) in [5, 5.41) is 7.45. The monoisotopic (exact) mass is 219 g/mol. The highest BCUT2D eigenvalue weighted by atomic mass is 32.2. The zero-order chi connectivity index (χ0) is 10.6. The highest BCUT2D eigenvalue weighted by molar-refractivity contribution is 7.89. The first-order valence-electron chi connectivity index (χ1n) is 3.83. The van der Waals surface area contributed by atoms with Gasteiger partial charge in [0.2, 0.25) is 10.0 Å². The van der Waals surface area contributed by atoms with Crippen LogP contribution in [0.4, 0.5) is 10.2 Å². The highest BCUT2D eigenvalue weighted by Gasteiger charge is 2.13. The fourth-order valence-corrected chi connectivity index (χ4v) is 1.58. The second-order valence-electron chi connectivity index (χ2n) is 2.51. The highest BCUT2D eigenvalue weighted by Crippen LogP contribution is 2.15. The third-order valence-corrected chi connectivity index (χ3v) is 2.41. The normalized spacial score (nSPS) is 11.3. The second kappa shape index (κ2) is 4.34. The summed E-state index contributed by atoms with van der Waals surface area (Å²) in [4.78, 5) is 3.61. The first kappa shape index (κ1) is 10.9. The maximum Gasteiger partial charge on any atom is 0.241 e. The lowest BCUT2D eigenvalue weighted by Crippen LogP contribution is -2.16. The number of aromatic nitrogens is 1. The van der Waals surface area contributed by atoms with E-state index in [-0.39, 0.29) is 17.3 Å². The van der Waals surface area contributed by atoms with Crippen molar-refractivity contribution in [3.05, 3.63) is 18.3 Å². The third kappa shape index (κ3) is 2.64. The molecule has 0 bridgehead atoms. The molecule has 5 nitrogen and oxygen atoms in total. The summed E-state index contributed by atoms with van der Waals surface area (Å²) in [6.07, 6.45) is 1.40. The van der Waals surface area contributed by atoms with E-state index in [1.165, 1.54) is 18.3 Å². The Morgan fingerprint density at radius 3 is 2.86 bits per heavy atom. The molecule has 1 heterocycles. The van der Waals surface area contributed by atoms with Gasteiger partial charge in [-0.1, -0.05) is 0 Å². The number of sulfonamides is 1. The zero-order valence-corrected chi connectivity index (χ0v) is 8.09. The molecule has 0 saturated heterocycles. The largest absolute Gasteiger partial charge is 0.366 e. The number of hydrogen-bond acceptors (Lipinski definition) is 4. The molecule has 0 radical (unpaired) electrons. The van der Waals surface area contributed by atoms with Crippen LogP contribution in [0.25, 0.3) is 0 Å². The molecule has 0 aliphatic rings. The number of primary sulfonamides is 1. The van der Waals surface area contributed by atoms with Gasteiger partial charge in [0.15, 0.2) is 0 Å². The molecule has 14 heavy (non-hydrogen) atoms. The van der Waals surface area contributed by atoms with Crippen molar-refractivity contribution in [2.45, 2.75) is 4.90 Å². The molecule has 0 spiro atoms. The summed E-state index contributed by atoms with van der Waals surface area (Å²) in [5.74, 6) is 0.0765. The Balaban J connectivity index is 3.04. The number of halogens is 1. The van der Waals surface area contributed by atoms with Crippen molar-refractivity contribution in [3.8, 4) is 0 Å². The van der Waals surface area contributed by atoms with Gasteiger partial charge in [-0.2, -0.15) is 0 Å². The van der Waals surface area contributed by atoms with Gasteiger partial charge in [0.1, 0.15) is 17.4 Å². The topological polar surface area (TPSA) is 85.1 Å². The van der Waals surface area contributed by atoms with Gasteiger partial charge in [0.05, 0.1) is 0 Å². The van der Waals surface area contributed by atoms with Crippen molar-refractivity contribution in [1.82, 2.24) is 4.98 Å². The zero-order valence-electron chi connectivity index (χ0n) is 7.27. The summed E-state index contributed by atoms with van der Waals surface area (Å²) >= 11 is 0. The Morgan fingerprint density at radius 1 is 1.57 bits per heavy atom. The van der Waals surface area contributed by atoms with Crippen LogP contribution in [0.3, 0.4) is 0 Å². The van der Waals surface area contributed by atoms with Gasteiger partial charge in [-0.15, -0.1) is 0 Å². The molecule has 0 aromatic carbocycles. The smallest absolute Gasteiger partial charge is 0.241 e. The average Bonchev–Trinajstić information content (AvgIpc) is 2.14. The van der Waals surface area contributed by atoms with Gasteiger partial charge < -0.3 is 5.32 Å². The minimum absolute atomic E-state index is 0.000463. The fraction of sp³-hybridized carbons (Fsp3) is 0.286. The summed E-state index contributed by atoms with van der Waals surface area (Å²) in [5.41, 5.74) is 0. The lowest BCUT2D eigenvalue weighted by Gasteiger charge is -2.06.